The summed E-state index contributed by atoms with van der Waals surface area (Å²) in [5.74, 6) is 0. The lowest BCUT2D eigenvalue weighted by molar-refractivity contribution is 0.186. The zero-order chi connectivity index (χ0) is 13.3. The Kier molecular flexibility index (Phi) is 7.46. The zero-order valence-electron chi connectivity index (χ0n) is 12.8. The van der Waals surface area contributed by atoms with Crippen LogP contribution in [0.4, 0.5) is 0 Å². The van der Waals surface area contributed by atoms with Crippen LogP contribution in [0.3, 0.4) is 0 Å². The largest absolute Gasteiger partial charge is 0.388 e. The molecule has 0 fully saturated rings. The van der Waals surface area contributed by atoms with Gasteiger partial charge in [-0.3, -0.25) is 0 Å². The van der Waals surface area contributed by atoms with Crippen molar-refractivity contribution in [2.75, 3.05) is 0 Å². The van der Waals surface area contributed by atoms with E-state index in [0.29, 0.717) is 11.5 Å². The van der Waals surface area contributed by atoms with E-state index in [9.17, 15) is 0 Å². The second kappa shape index (κ2) is 8.61. The van der Waals surface area contributed by atoms with E-state index >= 15 is 0 Å². The van der Waals surface area contributed by atoms with Crippen LogP contribution in [0.25, 0.3) is 0 Å². The van der Waals surface area contributed by atoms with E-state index < -0.39 is 0 Å². The molecule has 2 atom stereocenters. The summed E-state index contributed by atoms with van der Waals surface area (Å²) in [6.07, 6.45) is 18.2. The Hall–Kier alpha value is -0.460. The molecule has 0 aliphatic carbocycles. The van der Waals surface area contributed by atoms with E-state index in [1.54, 1.807) is 0 Å². The number of unbranched alkanes of at least 4 members (excludes halogenated alkanes) is 5. The van der Waals surface area contributed by atoms with Crippen LogP contribution in [0.5, 0.6) is 0 Å². The van der Waals surface area contributed by atoms with E-state index in [2.05, 4.69) is 38.4 Å². The van der Waals surface area contributed by atoms with Crippen molar-refractivity contribution >= 4 is 0 Å². The third-order valence-electron chi connectivity index (χ3n) is 4.58. The maximum Gasteiger partial charge on any atom is 0.0344 e. The van der Waals surface area contributed by atoms with Gasteiger partial charge in [0.05, 0.1) is 0 Å². The van der Waals surface area contributed by atoms with E-state index in [1.165, 1.54) is 64.2 Å². The minimum atomic E-state index is 0.506. The number of hydrogen-bond donors (Lipinski definition) is 1. The van der Waals surface area contributed by atoms with Gasteiger partial charge in [-0.25, -0.2) is 0 Å². The minimum absolute atomic E-state index is 0.506. The van der Waals surface area contributed by atoms with Gasteiger partial charge < -0.3 is 5.32 Å². The first kappa shape index (κ1) is 15.6. The Bertz CT molecular complexity index is 226. The lowest BCUT2D eigenvalue weighted by Crippen LogP contribution is -2.38. The summed E-state index contributed by atoms with van der Waals surface area (Å²) in [7, 11) is 0. The van der Waals surface area contributed by atoms with Crippen molar-refractivity contribution in [3.05, 3.63) is 12.3 Å². The number of nitrogens with one attached hydrogen (secondary N) is 1. The fraction of sp³-hybridized carbons (Fsp3) is 0.882. The Morgan fingerprint density at radius 3 is 2.17 bits per heavy atom. The summed E-state index contributed by atoms with van der Waals surface area (Å²) in [5.41, 5.74) is 0.506. The van der Waals surface area contributed by atoms with Crippen LogP contribution in [0, 0.1) is 5.41 Å². The molecule has 1 aliphatic rings. The molecule has 0 aromatic heterocycles. The molecule has 1 nitrogen and oxygen atoms in total. The summed E-state index contributed by atoms with van der Waals surface area (Å²) in [6, 6.07) is 0.691. The first-order valence-electron chi connectivity index (χ1n) is 8.14. The molecule has 1 rings (SSSR count). The molecule has 0 spiro atoms. The molecule has 1 heteroatoms. The van der Waals surface area contributed by atoms with Crippen molar-refractivity contribution in [1.29, 1.82) is 0 Å². The van der Waals surface area contributed by atoms with Crippen molar-refractivity contribution < 1.29 is 0 Å². The topological polar surface area (TPSA) is 12.0 Å². The fourth-order valence-corrected chi connectivity index (χ4v) is 3.15. The summed E-state index contributed by atoms with van der Waals surface area (Å²) in [5, 5.41) is 3.58. The average Bonchev–Trinajstić information content (AvgIpc) is 2.89. The lowest BCUT2D eigenvalue weighted by Gasteiger charge is -2.36. The van der Waals surface area contributed by atoms with Crippen molar-refractivity contribution in [2.45, 2.75) is 91.0 Å². The van der Waals surface area contributed by atoms with E-state index in [4.69, 9.17) is 0 Å². The first-order chi connectivity index (χ1) is 8.73. The number of rotatable bonds is 10. The normalized spacial score (nSPS) is 21.8. The van der Waals surface area contributed by atoms with Gasteiger partial charge in [-0.1, -0.05) is 71.8 Å². The standard InChI is InChI=1S/C17H33N/c1-4-6-8-10-14-17(3,13-9-7-5-2)16-12-11-15-18-16/h11,15-16,18H,4-10,12-14H2,1-3H3. The quantitative estimate of drug-likeness (QED) is 0.511. The van der Waals surface area contributed by atoms with Crippen LogP contribution in [0.15, 0.2) is 12.3 Å². The van der Waals surface area contributed by atoms with Gasteiger partial charge in [0.15, 0.2) is 0 Å². The van der Waals surface area contributed by atoms with E-state index in [-0.39, 0.29) is 0 Å². The molecule has 2 unspecified atom stereocenters. The van der Waals surface area contributed by atoms with Gasteiger partial charge >= 0.3 is 0 Å². The van der Waals surface area contributed by atoms with Gasteiger partial charge in [-0.15, -0.1) is 0 Å². The average molecular weight is 251 g/mol. The fourth-order valence-electron chi connectivity index (χ4n) is 3.15. The van der Waals surface area contributed by atoms with Gasteiger partial charge in [-0.05, 0) is 30.9 Å². The first-order valence-corrected chi connectivity index (χ1v) is 8.14. The van der Waals surface area contributed by atoms with Gasteiger partial charge in [0.1, 0.15) is 0 Å². The molecular weight excluding hydrogens is 218 g/mol. The Balaban J connectivity index is 2.39. The highest BCUT2D eigenvalue weighted by atomic mass is 14.9. The van der Waals surface area contributed by atoms with Crippen LogP contribution in [-0.2, 0) is 0 Å². The van der Waals surface area contributed by atoms with Gasteiger partial charge in [0.25, 0.3) is 0 Å². The zero-order valence-corrected chi connectivity index (χ0v) is 12.8. The lowest BCUT2D eigenvalue weighted by atomic mass is 9.73. The molecule has 106 valence electrons. The number of hydrogen-bond acceptors (Lipinski definition) is 1. The third-order valence-corrected chi connectivity index (χ3v) is 4.58. The Morgan fingerprint density at radius 2 is 1.61 bits per heavy atom. The van der Waals surface area contributed by atoms with E-state index in [0.717, 1.165) is 0 Å². The van der Waals surface area contributed by atoms with Crippen molar-refractivity contribution in [3.8, 4) is 0 Å². The van der Waals surface area contributed by atoms with Crippen molar-refractivity contribution in [3.63, 3.8) is 0 Å². The molecule has 0 aromatic carbocycles. The minimum Gasteiger partial charge on any atom is -0.388 e. The van der Waals surface area contributed by atoms with Crippen LogP contribution in [0.1, 0.15) is 85.0 Å². The van der Waals surface area contributed by atoms with Crippen LogP contribution in [-0.4, -0.2) is 6.04 Å². The molecule has 0 aromatic rings. The second-order valence-electron chi connectivity index (χ2n) is 6.28. The van der Waals surface area contributed by atoms with Gasteiger partial charge in [-0.2, -0.15) is 0 Å². The predicted octanol–water partition coefficient (Wildman–Crippen LogP) is 5.42. The molecule has 18 heavy (non-hydrogen) atoms. The third kappa shape index (κ3) is 5.04. The molecule has 1 aliphatic heterocycles. The molecular formula is C17H33N. The summed E-state index contributed by atoms with van der Waals surface area (Å²) >= 11 is 0. The molecule has 0 bridgehead atoms. The molecule has 1 heterocycles. The van der Waals surface area contributed by atoms with Crippen LogP contribution < -0.4 is 5.32 Å². The molecule has 0 saturated carbocycles. The van der Waals surface area contributed by atoms with Crippen molar-refractivity contribution in [2.24, 2.45) is 5.41 Å². The highest BCUT2D eigenvalue weighted by Gasteiger charge is 2.33. The SMILES string of the molecule is CCCCCCC(C)(CCCCC)C1CC=CN1. The maximum atomic E-state index is 3.58. The molecule has 0 radical (unpaired) electrons. The monoisotopic (exact) mass is 251 g/mol. The Labute approximate surface area is 114 Å². The van der Waals surface area contributed by atoms with Gasteiger partial charge in [0.2, 0.25) is 0 Å². The maximum absolute atomic E-state index is 3.58. The Morgan fingerprint density at radius 1 is 1.00 bits per heavy atom. The van der Waals surface area contributed by atoms with Crippen molar-refractivity contribution in [1.82, 2.24) is 5.32 Å². The molecule has 1 N–H and O–H groups in total. The molecule has 0 saturated heterocycles. The smallest absolute Gasteiger partial charge is 0.0344 e. The summed E-state index contributed by atoms with van der Waals surface area (Å²) in [6.45, 7) is 7.11. The molecule has 0 amide bonds. The summed E-state index contributed by atoms with van der Waals surface area (Å²) in [4.78, 5) is 0. The van der Waals surface area contributed by atoms with Crippen LogP contribution >= 0.6 is 0 Å². The second-order valence-corrected chi connectivity index (χ2v) is 6.28. The highest BCUT2D eigenvalue weighted by Crippen LogP contribution is 2.37. The highest BCUT2D eigenvalue weighted by molar-refractivity contribution is 5.02. The summed E-state index contributed by atoms with van der Waals surface area (Å²) < 4.78 is 0. The predicted molar refractivity (Wildman–Crippen MR) is 81.7 cm³/mol. The van der Waals surface area contributed by atoms with Gasteiger partial charge in [0, 0.05) is 6.04 Å². The van der Waals surface area contributed by atoms with E-state index in [1.807, 2.05) is 0 Å². The van der Waals surface area contributed by atoms with Crippen LogP contribution in [0.2, 0.25) is 0 Å².